The van der Waals surface area contributed by atoms with Crippen LogP contribution in [-0.4, -0.2) is 38.3 Å². The van der Waals surface area contributed by atoms with Crippen LogP contribution in [0.5, 0.6) is 0 Å². The minimum absolute atomic E-state index is 0.0602. The molecule has 0 saturated carbocycles. The monoisotopic (exact) mass is 298 g/mol. The van der Waals surface area contributed by atoms with Gasteiger partial charge in [0, 0.05) is 33.1 Å². The van der Waals surface area contributed by atoms with Crippen molar-refractivity contribution in [3.8, 4) is 6.07 Å². The molecule has 1 aromatic carbocycles. The van der Waals surface area contributed by atoms with Crippen molar-refractivity contribution in [3.63, 3.8) is 0 Å². The fourth-order valence-corrected chi connectivity index (χ4v) is 2.74. The summed E-state index contributed by atoms with van der Waals surface area (Å²) in [4.78, 5) is 10.1. The summed E-state index contributed by atoms with van der Waals surface area (Å²) < 4.78 is 25.5. The Labute approximate surface area is 116 Å². The summed E-state index contributed by atoms with van der Waals surface area (Å²) in [6, 6.07) is 5.38. The van der Waals surface area contributed by atoms with E-state index in [1.54, 1.807) is 0 Å². The molecule has 0 fully saturated rings. The molecule has 0 heterocycles. The van der Waals surface area contributed by atoms with Gasteiger partial charge in [-0.05, 0) is 12.1 Å². The highest BCUT2D eigenvalue weighted by Gasteiger charge is 2.23. The van der Waals surface area contributed by atoms with Gasteiger partial charge >= 0.3 is 0 Å². The van der Waals surface area contributed by atoms with E-state index in [1.807, 2.05) is 6.07 Å². The molecule has 0 aliphatic carbocycles. The van der Waals surface area contributed by atoms with Crippen LogP contribution in [0, 0.1) is 21.4 Å². The van der Waals surface area contributed by atoms with Gasteiger partial charge in [0.2, 0.25) is 10.0 Å². The molecular weight excluding hydrogens is 284 g/mol. The first-order chi connectivity index (χ1) is 9.34. The molecule has 0 aromatic heterocycles. The number of nitro benzene ring substituents is 1. The predicted molar refractivity (Wildman–Crippen MR) is 72.7 cm³/mol. The Balaban J connectivity index is 3.20. The number of anilines is 1. The molecule has 0 saturated heterocycles. The maximum atomic E-state index is 12.2. The first-order valence-electron chi connectivity index (χ1n) is 5.64. The number of hydrogen-bond acceptors (Lipinski definition) is 6. The third kappa shape index (κ3) is 3.23. The zero-order chi connectivity index (χ0) is 15.3. The second-order valence-corrected chi connectivity index (χ2v) is 5.97. The average Bonchev–Trinajstić information content (AvgIpc) is 2.43. The molecule has 1 N–H and O–H groups in total. The molecule has 0 atom stereocenters. The normalized spacial score (nSPS) is 11.1. The summed E-state index contributed by atoms with van der Waals surface area (Å²) in [7, 11) is -0.942. The van der Waals surface area contributed by atoms with Crippen LogP contribution in [0.3, 0.4) is 0 Å². The van der Waals surface area contributed by atoms with E-state index in [-0.39, 0.29) is 29.2 Å². The second-order valence-electron chi connectivity index (χ2n) is 3.92. The van der Waals surface area contributed by atoms with Crippen LogP contribution >= 0.6 is 0 Å². The minimum atomic E-state index is -3.77. The van der Waals surface area contributed by atoms with Crippen molar-refractivity contribution in [2.75, 3.05) is 26.0 Å². The molecule has 0 amide bonds. The van der Waals surface area contributed by atoms with Gasteiger partial charge in [0.1, 0.15) is 5.69 Å². The van der Waals surface area contributed by atoms with E-state index < -0.39 is 14.9 Å². The Morgan fingerprint density at radius 2 is 2.15 bits per heavy atom. The fourth-order valence-electron chi connectivity index (χ4n) is 1.54. The quantitative estimate of drug-likeness (QED) is 0.622. The number of nitriles is 1. The summed E-state index contributed by atoms with van der Waals surface area (Å²) in [5.74, 6) is 0. The molecule has 8 nitrogen and oxygen atoms in total. The zero-order valence-electron chi connectivity index (χ0n) is 11.0. The number of benzene rings is 1. The number of nitrogens with zero attached hydrogens (tertiary/aromatic N) is 3. The van der Waals surface area contributed by atoms with Crippen molar-refractivity contribution in [3.05, 3.63) is 28.3 Å². The fraction of sp³-hybridized carbons (Fsp3) is 0.364. The maximum Gasteiger partial charge on any atom is 0.292 e. The zero-order valence-corrected chi connectivity index (χ0v) is 11.8. The van der Waals surface area contributed by atoms with Crippen LogP contribution in [0.4, 0.5) is 11.4 Å². The lowest BCUT2D eigenvalue weighted by atomic mass is 10.3. The van der Waals surface area contributed by atoms with Crippen molar-refractivity contribution >= 4 is 21.4 Å². The van der Waals surface area contributed by atoms with Gasteiger partial charge in [-0.15, -0.1) is 0 Å². The average molecular weight is 298 g/mol. The second kappa shape index (κ2) is 6.31. The van der Waals surface area contributed by atoms with Crippen molar-refractivity contribution in [1.29, 1.82) is 5.26 Å². The highest BCUT2D eigenvalue weighted by atomic mass is 32.2. The topological polar surface area (TPSA) is 116 Å². The Kier molecular flexibility index (Phi) is 5.01. The molecule has 9 heteroatoms. The number of nitro groups is 1. The van der Waals surface area contributed by atoms with Gasteiger partial charge in [-0.2, -0.15) is 9.57 Å². The standard InChI is InChI=1S/C11H14N4O4S/c1-13-10-8-9(4-5-11(10)15(16)17)20(18,19)14(2)7-3-6-12/h4-5,8,13H,3,7H2,1-2H3. The summed E-state index contributed by atoms with van der Waals surface area (Å²) >= 11 is 0. The third-order valence-corrected chi connectivity index (χ3v) is 4.53. The van der Waals surface area contributed by atoms with Gasteiger partial charge in [-0.1, -0.05) is 0 Å². The Morgan fingerprint density at radius 3 is 2.65 bits per heavy atom. The van der Waals surface area contributed by atoms with E-state index in [9.17, 15) is 18.5 Å². The highest BCUT2D eigenvalue weighted by molar-refractivity contribution is 7.89. The number of rotatable bonds is 6. The SMILES string of the molecule is CNc1cc(S(=O)(=O)N(C)CCC#N)ccc1[N+](=O)[O-]. The van der Waals surface area contributed by atoms with E-state index in [4.69, 9.17) is 5.26 Å². The molecule has 0 radical (unpaired) electrons. The molecule has 1 rings (SSSR count). The minimum Gasteiger partial charge on any atom is -0.383 e. The van der Waals surface area contributed by atoms with Gasteiger partial charge < -0.3 is 5.32 Å². The Hall–Kier alpha value is -2.18. The smallest absolute Gasteiger partial charge is 0.292 e. The van der Waals surface area contributed by atoms with E-state index in [0.717, 1.165) is 10.4 Å². The van der Waals surface area contributed by atoms with Crippen LogP contribution in [0.25, 0.3) is 0 Å². The third-order valence-electron chi connectivity index (χ3n) is 2.68. The summed E-state index contributed by atoms with van der Waals surface area (Å²) in [6.45, 7) is 0.0602. The van der Waals surface area contributed by atoms with Crippen molar-refractivity contribution < 1.29 is 13.3 Å². The van der Waals surface area contributed by atoms with E-state index in [0.29, 0.717) is 0 Å². The highest BCUT2D eigenvalue weighted by Crippen LogP contribution is 2.28. The van der Waals surface area contributed by atoms with Crippen molar-refractivity contribution in [1.82, 2.24) is 4.31 Å². The Morgan fingerprint density at radius 1 is 1.50 bits per heavy atom. The summed E-state index contributed by atoms with van der Waals surface area (Å²) in [5, 5.41) is 21.9. The molecule has 20 heavy (non-hydrogen) atoms. The largest absolute Gasteiger partial charge is 0.383 e. The lowest BCUT2D eigenvalue weighted by Crippen LogP contribution is -2.27. The number of hydrogen-bond donors (Lipinski definition) is 1. The van der Waals surface area contributed by atoms with Crippen molar-refractivity contribution in [2.24, 2.45) is 0 Å². The lowest BCUT2D eigenvalue weighted by Gasteiger charge is -2.16. The molecule has 1 aromatic rings. The molecular formula is C11H14N4O4S. The molecule has 0 unspecified atom stereocenters. The van der Waals surface area contributed by atoms with Gasteiger partial charge in [0.05, 0.1) is 15.9 Å². The van der Waals surface area contributed by atoms with Crippen LogP contribution in [0.1, 0.15) is 6.42 Å². The van der Waals surface area contributed by atoms with E-state index in [2.05, 4.69) is 5.32 Å². The van der Waals surface area contributed by atoms with Crippen LogP contribution in [-0.2, 0) is 10.0 Å². The molecule has 0 spiro atoms. The Bertz CT molecular complexity index is 651. The van der Waals surface area contributed by atoms with Crippen molar-refractivity contribution in [2.45, 2.75) is 11.3 Å². The van der Waals surface area contributed by atoms with Gasteiger partial charge in [-0.3, -0.25) is 10.1 Å². The number of nitrogens with one attached hydrogen (secondary N) is 1. The van der Waals surface area contributed by atoms with Gasteiger partial charge in [0.25, 0.3) is 5.69 Å². The number of sulfonamides is 1. The van der Waals surface area contributed by atoms with Gasteiger partial charge in [-0.25, -0.2) is 8.42 Å². The first kappa shape index (κ1) is 15.9. The summed E-state index contributed by atoms with van der Waals surface area (Å²) in [5.41, 5.74) is -0.0871. The van der Waals surface area contributed by atoms with Gasteiger partial charge in [0.15, 0.2) is 0 Å². The molecule has 0 bridgehead atoms. The lowest BCUT2D eigenvalue weighted by molar-refractivity contribution is -0.384. The molecule has 0 aliphatic rings. The molecule has 108 valence electrons. The first-order valence-corrected chi connectivity index (χ1v) is 7.08. The van der Waals surface area contributed by atoms with Crippen LogP contribution < -0.4 is 5.32 Å². The predicted octanol–water partition coefficient (Wildman–Crippen LogP) is 1.17. The van der Waals surface area contributed by atoms with Crippen LogP contribution in [0.2, 0.25) is 0 Å². The maximum absolute atomic E-state index is 12.2. The summed E-state index contributed by atoms with van der Waals surface area (Å²) in [6.07, 6.45) is 0.0710. The van der Waals surface area contributed by atoms with Crippen LogP contribution in [0.15, 0.2) is 23.1 Å². The molecule has 0 aliphatic heterocycles. The van der Waals surface area contributed by atoms with E-state index in [1.165, 1.54) is 26.2 Å². The van der Waals surface area contributed by atoms with E-state index >= 15 is 0 Å².